The largest absolute Gasteiger partial charge is 0.354 e. The van der Waals surface area contributed by atoms with E-state index in [0.717, 1.165) is 28.3 Å². The molecule has 0 radical (unpaired) electrons. The van der Waals surface area contributed by atoms with Gasteiger partial charge in [-0.05, 0) is 73.7 Å². The molecule has 2 amide bonds. The highest BCUT2D eigenvalue weighted by Gasteiger charge is 2.34. The van der Waals surface area contributed by atoms with E-state index in [-0.39, 0.29) is 17.3 Å². The predicted molar refractivity (Wildman–Crippen MR) is 156 cm³/mol. The second-order valence-electron chi connectivity index (χ2n) is 9.76. The highest BCUT2D eigenvalue weighted by Crippen LogP contribution is 2.29. The van der Waals surface area contributed by atoms with Gasteiger partial charge in [0.1, 0.15) is 18.4 Å². The fourth-order valence-electron chi connectivity index (χ4n) is 4.45. The number of carbonyl (C=O) groups is 2. The summed E-state index contributed by atoms with van der Waals surface area (Å²) in [5.74, 6) is -1.26. The zero-order valence-corrected chi connectivity index (χ0v) is 24.4. The topological polar surface area (TPSA) is 86.8 Å². The Hall–Kier alpha value is -3.72. The van der Waals surface area contributed by atoms with Crippen LogP contribution in [-0.2, 0) is 26.2 Å². The molecule has 40 heavy (non-hydrogen) atoms. The second-order valence-corrected chi connectivity index (χ2v) is 11.6. The van der Waals surface area contributed by atoms with E-state index in [1.807, 2.05) is 26.8 Å². The molecule has 0 aliphatic carbocycles. The zero-order valence-electron chi connectivity index (χ0n) is 23.6. The lowest BCUT2D eigenvalue weighted by Crippen LogP contribution is -2.52. The highest BCUT2D eigenvalue weighted by molar-refractivity contribution is 7.92. The molecule has 0 bridgehead atoms. The molecule has 0 fully saturated rings. The van der Waals surface area contributed by atoms with Crippen molar-refractivity contribution >= 4 is 27.5 Å². The van der Waals surface area contributed by atoms with Gasteiger partial charge in [-0.25, -0.2) is 12.8 Å². The van der Waals surface area contributed by atoms with Crippen molar-refractivity contribution in [1.82, 2.24) is 10.2 Å². The number of benzene rings is 3. The molecule has 214 valence electrons. The minimum atomic E-state index is -4.13. The Morgan fingerprint density at radius 3 is 2.23 bits per heavy atom. The predicted octanol–water partition coefficient (Wildman–Crippen LogP) is 5.36. The molecule has 0 aliphatic rings. The number of aryl methyl sites for hydroxylation is 1. The van der Waals surface area contributed by atoms with Crippen LogP contribution in [-0.4, -0.2) is 44.3 Å². The summed E-state index contributed by atoms with van der Waals surface area (Å²) in [7, 11) is -4.13. The number of nitrogens with one attached hydrogen (secondary N) is 1. The number of halogens is 1. The SMILES string of the molecule is CCCCNC(=O)[C@H](CC)N(Cc1ccc(F)cc1)C(=O)CN(c1cccc(C)c1C)S(=O)(=O)c1ccccc1. The number of unbranched alkanes of at least 4 members (excludes halogenated alkanes) is 1. The third-order valence-electron chi connectivity index (χ3n) is 6.94. The Labute approximate surface area is 237 Å². The van der Waals surface area contributed by atoms with E-state index < -0.39 is 34.3 Å². The van der Waals surface area contributed by atoms with Gasteiger partial charge in [0.05, 0.1) is 10.6 Å². The zero-order chi connectivity index (χ0) is 29.3. The van der Waals surface area contributed by atoms with Crippen molar-refractivity contribution in [3.05, 3.63) is 95.3 Å². The van der Waals surface area contributed by atoms with Crippen LogP contribution in [0.4, 0.5) is 10.1 Å². The van der Waals surface area contributed by atoms with Crippen LogP contribution in [0.5, 0.6) is 0 Å². The maximum Gasteiger partial charge on any atom is 0.264 e. The van der Waals surface area contributed by atoms with Crippen LogP contribution in [0.1, 0.15) is 49.8 Å². The number of rotatable bonds is 13. The van der Waals surface area contributed by atoms with E-state index in [1.165, 1.54) is 29.2 Å². The summed E-state index contributed by atoms with van der Waals surface area (Å²) in [6.45, 7) is 7.49. The molecule has 7 nitrogen and oxygen atoms in total. The van der Waals surface area contributed by atoms with Crippen molar-refractivity contribution in [3.63, 3.8) is 0 Å². The molecule has 0 aromatic heterocycles. The Balaban J connectivity index is 2.06. The molecule has 0 unspecified atom stereocenters. The first kappa shape index (κ1) is 30.8. The van der Waals surface area contributed by atoms with Crippen molar-refractivity contribution < 1.29 is 22.4 Å². The Kier molecular flexibility index (Phi) is 10.8. The van der Waals surface area contributed by atoms with Gasteiger partial charge in [0, 0.05) is 13.1 Å². The first-order valence-electron chi connectivity index (χ1n) is 13.6. The molecule has 1 atom stereocenters. The standard InChI is InChI=1S/C31H38FN3O4S/c1-5-7-20-33-31(37)28(6-2)34(21-25-16-18-26(32)19-17-25)30(36)22-35(29-15-11-12-23(3)24(29)4)40(38,39)27-13-9-8-10-14-27/h8-19,28H,5-7,20-22H2,1-4H3,(H,33,37)/t28-/m0/s1. The molecule has 3 rings (SSSR count). The number of anilines is 1. The van der Waals surface area contributed by atoms with Gasteiger partial charge in [-0.15, -0.1) is 0 Å². The smallest absolute Gasteiger partial charge is 0.264 e. The van der Waals surface area contributed by atoms with E-state index >= 15 is 0 Å². The molecule has 0 saturated carbocycles. The minimum absolute atomic E-state index is 0.0187. The third kappa shape index (κ3) is 7.47. The monoisotopic (exact) mass is 567 g/mol. The summed E-state index contributed by atoms with van der Waals surface area (Å²) in [4.78, 5) is 28.7. The van der Waals surface area contributed by atoms with E-state index in [2.05, 4.69) is 5.32 Å². The number of amides is 2. The van der Waals surface area contributed by atoms with Crippen LogP contribution in [0.25, 0.3) is 0 Å². The maximum absolute atomic E-state index is 14.1. The molecular weight excluding hydrogens is 529 g/mol. The van der Waals surface area contributed by atoms with Crippen molar-refractivity contribution in [2.75, 3.05) is 17.4 Å². The Bertz CT molecular complexity index is 1400. The summed E-state index contributed by atoms with van der Waals surface area (Å²) >= 11 is 0. The minimum Gasteiger partial charge on any atom is -0.354 e. The van der Waals surface area contributed by atoms with Gasteiger partial charge in [0.15, 0.2) is 0 Å². The summed E-state index contributed by atoms with van der Waals surface area (Å²) in [6, 6.07) is 18.1. The average molecular weight is 568 g/mol. The fourth-order valence-corrected chi connectivity index (χ4v) is 5.94. The first-order valence-corrected chi connectivity index (χ1v) is 15.0. The van der Waals surface area contributed by atoms with Gasteiger partial charge >= 0.3 is 0 Å². The summed E-state index contributed by atoms with van der Waals surface area (Å²) in [6.07, 6.45) is 2.01. The fraction of sp³-hybridized carbons (Fsp3) is 0.355. The third-order valence-corrected chi connectivity index (χ3v) is 8.71. The molecular formula is C31H38FN3O4S. The van der Waals surface area contributed by atoms with Gasteiger partial charge < -0.3 is 10.2 Å². The van der Waals surface area contributed by atoms with Crippen molar-refractivity contribution in [1.29, 1.82) is 0 Å². The van der Waals surface area contributed by atoms with E-state index in [4.69, 9.17) is 0 Å². The van der Waals surface area contributed by atoms with Crippen LogP contribution in [0.3, 0.4) is 0 Å². The van der Waals surface area contributed by atoms with Gasteiger partial charge in [0.2, 0.25) is 11.8 Å². The number of sulfonamides is 1. The van der Waals surface area contributed by atoms with Crippen LogP contribution in [0.15, 0.2) is 77.7 Å². The second kappa shape index (κ2) is 14.1. The summed E-state index contributed by atoms with van der Waals surface area (Å²) in [5, 5.41) is 2.90. The number of hydrogen-bond acceptors (Lipinski definition) is 4. The first-order chi connectivity index (χ1) is 19.1. The molecule has 1 N–H and O–H groups in total. The molecule has 3 aromatic carbocycles. The van der Waals surface area contributed by atoms with Gasteiger partial charge in [-0.2, -0.15) is 0 Å². The number of nitrogens with zero attached hydrogens (tertiary/aromatic N) is 2. The van der Waals surface area contributed by atoms with Crippen LogP contribution < -0.4 is 9.62 Å². The Morgan fingerprint density at radius 1 is 0.925 bits per heavy atom. The lowest BCUT2D eigenvalue weighted by molar-refractivity contribution is -0.140. The normalized spacial score (nSPS) is 12.0. The molecule has 0 spiro atoms. The lowest BCUT2D eigenvalue weighted by atomic mass is 10.1. The van der Waals surface area contributed by atoms with Gasteiger partial charge in [-0.3, -0.25) is 13.9 Å². The Morgan fingerprint density at radius 2 is 1.60 bits per heavy atom. The summed E-state index contributed by atoms with van der Waals surface area (Å²) in [5.41, 5.74) is 2.62. The molecule has 3 aromatic rings. The van der Waals surface area contributed by atoms with Crippen LogP contribution in [0, 0.1) is 19.7 Å². The molecule has 0 saturated heterocycles. The summed E-state index contributed by atoms with van der Waals surface area (Å²) < 4.78 is 42.6. The van der Waals surface area contributed by atoms with E-state index in [0.29, 0.717) is 24.2 Å². The molecule has 0 aliphatic heterocycles. The average Bonchev–Trinajstić information content (AvgIpc) is 2.95. The van der Waals surface area contributed by atoms with Crippen molar-refractivity contribution in [2.24, 2.45) is 0 Å². The van der Waals surface area contributed by atoms with Crippen molar-refractivity contribution in [3.8, 4) is 0 Å². The van der Waals surface area contributed by atoms with E-state index in [1.54, 1.807) is 49.4 Å². The van der Waals surface area contributed by atoms with E-state index in [9.17, 15) is 22.4 Å². The molecule has 9 heteroatoms. The van der Waals surface area contributed by atoms with Crippen LogP contribution >= 0.6 is 0 Å². The quantitative estimate of drug-likeness (QED) is 0.282. The van der Waals surface area contributed by atoms with Gasteiger partial charge in [-0.1, -0.05) is 62.7 Å². The van der Waals surface area contributed by atoms with Gasteiger partial charge in [0.25, 0.3) is 10.0 Å². The maximum atomic E-state index is 14.1. The lowest BCUT2D eigenvalue weighted by Gasteiger charge is -2.33. The number of carbonyl (C=O) groups excluding carboxylic acids is 2. The molecule has 0 heterocycles. The number of hydrogen-bond donors (Lipinski definition) is 1. The van der Waals surface area contributed by atoms with Crippen molar-refractivity contribution in [2.45, 2.75) is 64.4 Å². The van der Waals surface area contributed by atoms with Crippen LogP contribution in [0.2, 0.25) is 0 Å². The highest BCUT2D eigenvalue weighted by atomic mass is 32.2.